The lowest BCUT2D eigenvalue weighted by molar-refractivity contribution is -0.116. The average molecular weight is 410 g/mol. The number of aryl methyl sites for hydroxylation is 4. The van der Waals surface area contributed by atoms with E-state index in [-0.39, 0.29) is 5.91 Å². The van der Waals surface area contributed by atoms with Gasteiger partial charge < -0.3 is 13.9 Å². The number of carbonyl (C=O) groups excluding carboxylic acids is 1. The van der Waals surface area contributed by atoms with Gasteiger partial charge in [0.2, 0.25) is 0 Å². The predicted octanol–water partition coefficient (Wildman–Crippen LogP) is 3.24. The Hall–Kier alpha value is -3.36. The topological polar surface area (TPSA) is 93.4 Å². The van der Waals surface area contributed by atoms with Gasteiger partial charge in [-0.05, 0) is 40.2 Å². The van der Waals surface area contributed by atoms with Crippen LogP contribution in [0.4, 0.5) is 5.69 Å². The van der Waals surface area contributed by atoms with Crippen LogP contribution < -0.4 is 4.90 Å². The van der Waals surface area contributed by atoms with Crippen molar-refractivity contribution in [2.45, 2.75) is 54.1 Å². The largest absolute Gasteiger partial charge is 0.361 e. The number of hydrogen-bond acceptors (Lipinski definition) is 7. The highest BCUT2D eigenvalue weighted by Gasteiger charge is 2.35. The molecule has 0 spiro atoms. The summed E-state index contributed by atoms with van der Waals surface area (Å²) in [7, 11) is 0. The van der Waals surface area contributed by atoms with Crippen molar-refractivity contribution in [2.75, 3.05) is 11.4 Å². The van der Waals surface area contributed by atoms with E-state index in [1.54, 1.807) is 15.8 Å². The molecule has 0 bridgehead atoms. The highest BCUT2D eigenvalue weighted by atomic mass is 16.5. The molecule has 0 aliphatic carbocycles. The summed E-state index contributed by atoms with van der Waals surface area (Å²) in [5.74, 6) is 2.43. The number of aromatic nitrogens is 4. The van der Waals surface area contributed by atoms with Gasteiger partial charge >= 0.3 is 0 Å². The summed E-state index contributed by atoms with van der Waals surface area (Å²) >= 11 is 0. The number of anilines is 1. The van der Waals surface area contributed by atoms with Crippen molar-refractivity contribution in [3.63, 3.8) is 0 Å². The van der Waals surface area contributed by atoms with Gasteiger partial charge in [0, 0.05) is 17.3 Å². The van der Waals surface area contributed by atoms with E-state index in [1.807, 2.05) is 33.9 Å². The molecule has 0 atom stereocenters. The van der Waals surface area contributed by atoms with Gasteiger partial charge in [0.25, 0.3) is 5.91 Å². The van der Waals surface area contributed by atoms with Crippen molar-refractivity contribution in [3.05, 3.63) is 58.3 Å². The smallest absolute Gasteiger partial charge is 0.252 e. The third-order valence-corrected chi connectivity index (χ3v) is 5.42. The monoisotopic (exact) mass is 410 g/mol. The summed E-state index contributed by atoms with van der Waals surface area (Å²) < 4.78 is 12.3. The minimum absolute atomic E-state index is 0.0124. The van der Waals surface area contributed by atoms with Crippen LogP contribution in [0.25, 0.3) is 0 Å². The van der Waals surface area contributed by atoms with Crippen LogP contribution in [0.3, 0.4) is 0 Å². The van der Waals surface area contributed by atoms with Gasteiger partial charge in [0.15, 0.2) is 0 Å². The first-order chi connectivity index (χ1) is 14.4. The Bertz CT molecular complexity index is 1070. The first-order valence-electron chi connectivity index (χ1n) is 10.0. The molecule has 30 heavy (non-hydrogen) atoms. The molecule has 0 aromatic carbocycles. The van der Waals surface area contributed by atoms with Crippen LogP contribution in [0.5, 0.6) is 0 Å². The van der Waals surface area contributed by atoms with Crippen molar-refractivity contribution in [2.24, 2.45) is 0 Å². The molecular formula is C21H26N6O3. The molecule has 1 saturated heterocycles. The summed E-state index contributed by atoms with van der Waals surface area (Å²) in [5, 5.41) is 12.5. The minimum Gasteiger partial charge on any atom is -0.361 e. The molecule has 9 nitrogen and oxygen atoms in total. The minimum atomic E-state index is 0.0124. The molecule has 1 aliphatic rings. The quantitative estimate of drug-likeness (QED) is 0.616. The third kappa shape index (κ3) is 3.51. The zero-order chi connectivity index (χ0) is 21.4. The SMILES string of the molecule is CC/C=C1/N(Cc2c(C)noc2C)CC(=O)N1c1cnn(Cc2c(C)noc2C)c1. The van der Waals surface area contributed by atoms with Crippen molar-refractivity contribution in [3.8, 4) is 0 Å². The lowest BCUT2D eigenvalue weighted by atomic mass is 10.2. The molecule has 0 radical (unpaired) electrons. The van der Waals surface area contributed by atoms with Crippen molar-refractivity contribution < 1.29 is 13.8 Å². The van der Waals surface area contributed by atoms with Crippen molar-refractivity contribution >= 4 is 11.6 Å². The number of carbonyl (C=O) groups is 1. The Morgan fingerprint density at radius 3 is 2.23 bits per heavy atom. The molecule has 4 heterocycles. The van der Waals surface area contributed by atoms with Crippen LogP contribution >= 0.6 is 0 Å². The lowest BCUT2D eigenvalue weighted by Crippen LogP contribution is -2.24. The molecule has 0 N–H and O–H groups in total. The zero-order valence-electron chi connectivity index (χ0n) is 18.0. The maximum atomic E-state index is 12.9. The maximum Gasteiger partial charge on any atom is 0.252 e. The summed E-state index contributed by atoms with van der Waals surface area (Å²) in [6.07, 6.45) is 6.48. The molecule has 4 rings (SSSR count). The fourth-order valence-corrected chi connectivity index (χ4v) is 3.76. The Morgan fingerprint density at radius 2 is 1.67 bits per heavy atom. The number of hydrogen-bond donors (Lipinski definition) is 0. The number of nitrogens with zero attached hydrogens (tertiary/aromatic N) is 6. The van der Waals surface area contributed by atoms with Crippen molar-refractivity contribution in [1.82, 2.24) is 25.0 Å². The molecule has 0 saturated carbocycles. The van der Waals surface area contributed by atoms with E-state index in [9.17, 15) is 4.79 Å². The van der Waals surface area contributed by atoms with E-state index in [0.717, 1.165) is 52.0 Å². The lowest BCUT2D eigenvalue weighted by Gasteiger charge is -2.22. The van der Waals surface area contributed by atoms with Crippen molar-refractivity contribution in [1.29, 1.82) is 0 Å². The standard InChI is InChI=1S/C21H26N6O3/c1-6-7-20-25(10-18-13(2)23-29-15(18)4)12-21(28)27(20)17-8-22-26(9-17)11-19-14(3)24-30-16(19)5/h7-9H,6,10-12H2,1-5H3/b20-7-. The Labute approximate surface area is 174 Å². The number of rotatable bonds is 6. The molecule has 3 aromatic rings. The van der Waals surface area contributed by atoms with Gasteiger partial charge in [-0.3, -0.25) is 14.4 Å². The second-order valence-corrected chi connectivity index (χ2v) is 7.56. The zero-order valence-corrected chi connectivity index (χ0v) is 18.0. The van der Waals surface area contributed by atoms with E-state index >= 15 is 0 Å². The van der Waals surface area contributed by atoms with Crippen LogP contribution in [0, 0.1) is 27.7 Å². The van der Waals surface area contributed by atoms with E-state index in [0.29, 0.717) is 19.6 Å². The highest BCUT2D eigenvalue weighted by molar-refractivity contribution is 6.00. The molecule has 1 amide bonds. The Kier molecular flexibility index (Phi) is 5.19. The normalized spacial score (nSPS) is 15.8. The van der Waals surface area contributed by atoms with E-state index < -0.39 is 0 Å². The fraction of sp³-hybridized carbons (Fsp3) is 0.429. The summed E-state index contributed by atoms with van der Waals surface area (Å²) in [5.41, 5.74) is 4.45. The second-order valence-electron chi connectivity index (χ2n) is 7.56. The van der Waals surface area contributed by atoms with Gasteiger partial charge in [0.05, 0.1) is 42.9 Å². The highest BCUT2D eigenvalue weighted by Crippen LogP contribution is 2.30. The molecule has 1 aliphatic heterocycles. The number of allylic oxidation sites excluding steroid dienone is 1. The van der Waals surface area contributed by atoms with Gasteiger partial charge in [-0.15, -0.1) is 0 Å². The van der Waals surface area contributed by atoms with Gasteiger partial charge in [-0.1, -0.05) is 17.2 Å². The maximum absolute atomic E-state index is 12.9. The first kappa shape index (κ1) is 19.9. The summed E-state index contributed by atoms with van der Waals surface area (Å²) in [6, 6.07) is 0. The Balaban J connectivity index is 1.60. The summed E-state index contributed by atoms with van der Waals surface area (Å²) in [4.78, 5) is 16.7. The second kappa shape index (κ2) is 7.81. The summed E-state index contributed by atoms with van der Waals surface area (Å²) in [6.45, 7) is 11.1. The molecular weight excluding hydrogens is 384 g/mol. The molecule has 3 aromatic heterocycles. The van der Waals surface area contributed by atoms with E-state index in [1.165, 1.54) is 0 Å². The first-order valence-corrected chi connectivity index (χ1v) is 10.0. The Morgan fingerprint density at radius 1 is 1.03 bits per heavy atom. The van der Waals surface area contributed by atoms with Crippen LogP contribution in [-0.4, -0.2) is 37.4 Å². The molecule has 9 heteroatoms. The van der Waals surface area contributed by atoms with Crippen LogP contribution in [0.2, 0.25) is 0 Å². The van der Waals surface area contributed by atoms with Crippen LogP contribution in [0.15, 0.2) is 33.3 Å². The average Bonchev–Trinajstić information content (AvgIpc) is 3.44. The van der Waals surface area contributed by atoms with Crippen LogP contribution in [0.1, 0.15) is 47.4 Å². The van der Waals surface area contributed by atoms with Gasteiger partial charge in [-0.25, -0.2) is 0 Å². The van der Waals surface area contributed by atoms with Crippen LogP contribution in [-0.2, 0) is 17.9 Å². The molecule has 158 valence electrons. The molecule has 0 unspecified atom stereocenters. The fourth-order valence-electron chi connectivity index (χ4n) is 3.76. The van der Waals surface area contributed by atoms with Gasteiger partial charge in [0.1, 0.15) is 17.3 Å². The predicted molar refractivity (Wildman–Crippen MR) is 110 cm³/mol. The van der Waals surface area contributed by atoms with E-state index in [4.69, 9.17) is 9.05 Å². The molecule has 1 fully saturated rings. The van der Waals surface area contributed by atoms with E-state index in [2.05, 4.69) is 33.3 Å². The third-order valence-electron chi connectivity index (χ3n) is 5.42. The van der Waals surface area contributed by atoms with Gasteiger partial charge in [-0.2, -0.15) is 5.10 Å². The number of amides is 1.